The fourth-order valence-electron chi connectivity index (χ4n) is 4.55. The van der Waals surface area contributed by atoms with Gasteiger partial charge in [0.1, 0.15) is 11.6 Å². The van der Waals surface area contributed by atoms with Crippen LogP contribution in [-0.4, -0.2) is 30.7 Å². The van der Waals surface area contributed by atoms with Gasteiger partial charge in [0.2, 0.25) is 15.9 Å². The average molecular weight is 546 g/mol. The van der Waals surface area contributed by atoms with E-state index in [9.17, 15) is 17.6 Å². The minimum Gasteiger partial charge on any atom is -0.497 e. The van der Waals surface area contributed by atoms with Crippen molar-refractivity contribution < 1.29 is 22.3 Å². The zero-order valence-electron chi connectivity index (χ0n) is 21.3. The van der Waals surface area contributed by atoms with Crippen molar-refractivity contribution in [3.8, 4) is 5.75 Å². The second-order valence-corrected chi connectivity index (χ2v) is 11.4. The molecule has 1 aromatic heterocycles. The molecule has 39 heavy (non-hydrogen) atoms. The molecule has 0 bridgehead atoms. The van der Waals surface area contributed by atoms with Crippen molar-refractivity contribution in [1.29, 1.82) is 0 Å². The monoisotopic (exact) mass is 545 g/mol. The molecule has 1 aliphatic rings. The summed E-state index contributed by atoms with van der Waals surface area (Å²) in [6.45, 7) is 0.143. The Bertz CT molecular complexity index is 1550. The van der Waals surface area contributed by atoms with Crippen molar-refractivity contribution in [2.75, 3.05) is 12.4 Å². The van der Waals surface area contributed by atoms with Gasteiger partial charge in [-0.15, -0.1) is 0 Å². The van der Waals surface area contributed by atoms with E-state index in [4.69, 9.17) is 4.74 Å². The number of sulfonamides is 1. The van der Waals surface area contributed by atoms with Gasteiger partial charge in [-0.05, 0) is 89.7 Å². The van der Waals surface area contributed by atoms with Gasteiger partial charge in [0.15, 0.2) is 0 Å². The number of hydrogen-bond donors (Lipinski definition) is 1. The average Bonchev–Trinajstić information content (AvgIpc) is 3.76. The fraction of sp³-hybridized carbons (Fsp3) is 0.200. The second-order valence-electron chi connectivity index (χ2n) is 9.49. The number of rotatable bonds is 10. The molecule has 1 saturated carbocycles. The number of anilines is 1. The minimum absolute atomic E-state index is 0.0520. The van der Waals surface area contributed by atoms with Crippen LogP contribution >= 0.6 is 0 Å². The van der Waals surface area contributed by atoms with Crippen molar-refractivity contribution in [2.45, 2.75) is 30.3 Å². The predicted octanol–water partition coefficient (Wildman–Crippen LogP) is 5.36. The first-order valence-corrected chi connectivity index (χ1v) is 14.0. The molecule has 0 aliphatic heterocycles. The number of nitrogens with one attached hydrogen (secondary N) is 1. The molecule has 200 valence electrons. The summed E-state index contributed by atoms with van der Waals surface area (Å²) in [5, 5.41) is 2.90. The Labute approximate surface area is 227 Å². The molecular weight excluding hydrogens is 517 g/mol. The first-order valence-electron chi connectivity index (χ1n) is 12.5. The summed E-state index contributed by atoms with van der Waals surface area (Å²) >= 11 is 0. The Kier molecular flexibility index (Phi) is 7.72. The Morgan fingerprint density at radius 3 is 2.36 bits per heavy atom. The van der Waals surface area contributed by atoms with Crippen molar-refractivity contribution >= 4 is 21.6 Å². The maximum absolute atomic E-state index is 13.7. The number of amides is 1. The number of carbonyl (C=O) groups excluding carboxylic acids is 1. The predicted molar refractivity (Wildman–Crippen MR) is 146 cm³/mol. The van der Waals surface area contributed by atoms with Crippen molar-refractivity contribution in [1.82, 2.24) is 9.29 Å². The number of methoxy groups -OCH3 is 1. The summed E-state index contributed by atoms with van der Waals surface area (Å²) in [4.78, 5) is 16.8. The van der Waals surface area contributed by atoms with Crippen molar-refractivity contribution in [2.24, 2.45) is 5.92 Å². The van der Waals surface area contributed by atoms with Crippen LogP contribution < -0.4 is 10.1 Å². The van der Waals surface area contributed by atoms with Crippen LogP contribution in [0.3, 0.4) is 0 Å². The molecule has 1 fully saturated rings. The number of aromatic nitrogens is 1. The zero-order chi connectivity index (χ0) is 27.4. The van der Waals surface area contributed by atoms with E-state index < -0.39 is 15.8 Å². The molecule has 7 nitrogen and oxygen atoms in total. The topological polar surface area (TPSA) is 88.6 Å². The molecular formula is C30H28FN3O4S. The van der Waals surface area contributed by atoms with Gasteiger partial charge in [0.25, 0.3) is 0 Å². The van der Waals surface area contributed by atoms with Gasteiger partial charge < -0.3 is 10.1 Å². The maximum Gasteiger partial charge on any atom is 0.243 e. The number of ether oxygens (including phenoxy) is 1. The number of benzene rings is 3. The molecule has 0 radical (unpaired) electrons. The highest BCUT2D eigenvalue weighted by atomic mass is 32.2. The Morgan fingerprint density at radius 2 is 1.67 bits per heavy atom. The van der Waals surface area contributed by atoms with Crippen LogP contribution in [0.1, 0.15) is 29.0 Å². The molecule has 4 aromatic rings. The normalized spacial score (nSPS) is 16.6. The first kappa shape index (κ1) is 26.5. The maximum atomic E-state index is 13.7. The van der Waals surface area contributed by atoms with Gasteiger partial charge in [-0.25, -0.2) is 12.8 Å². The third kappa shape index (κ3) is 6.32. The van der Waals surface area contributed by atoms with Crippen LogP contribution in [0.25, 0.3) is 0 Å². The van der Waals surface area contributed by atoms with E-state index in [0.29, 0.717) is 17.0 Å². The van der Waals surface area contributed by atoms with Crippen LogP contribution in [0.2, 0.25) is 0 Å². The lowest BCUT2D eigenvalue weighted by Crippen LogP contribution is -2.30. The summed E-state index contributed by atoms with van der Waals surface area (Å²) in [5.74, 6) is 0.183. The van der Waals surface area contributed by atoms with Crippen LogP contribution in [0.15, 0.2) is 102 Å². The highest BCUT2D eigenvalue weighted by Crippen LogP contribution is 2.47. The van der Waals surface area contributed by atoms with Gasteiger partial charge in [-0.1, -0.05) is 24.3 Å². The summed E-state index contributed by atoms with van der Waals surface area (Å²) in [6.07, 6.45) is 4.20. The van der Waals surface area contributed by atoms with E-state index in [2.05, 4.69) is 10.3 Å². The van der Waals surface area contributed by atoms with Crippen LogP contribution in [0.4, 0.5) is 10.1 Å². The first-order chi connectivity index (χ1) is 18.8. The fourth-order valence-corrected chi connectivity index (χ4v) is 5.97. The summed E-state index contributed by atoms with van der Waals surface area (Å²) in [5.41, 5.74) is 3.01. The van der Waals surface area contributed by atoms with Gasteiger partial charge in [-0.3, -0.25) is 9.78 Å². The molecule has 1 N–H and O–H groups in total. The van der Waals surface area contributed by atoms with Gasteiger partial charge >= 0.3 is 0 Å². The number of halogens is 1. The molecule has 1 heterocycles. The Morgan fingerprint density at radius 1 is 0.974 bits per heavy atom. The SMILES string of the molecule is COc1cccc(CN(Cc2ccc(F)cc2)S(=O)(=O)c2ccc(NC(=O)C3CC3c3ccncc3)cc2)c1. The zero-order valence-corrected chi connectivity index (χ0v) is 22.1. The van der Waals surface area contributed by atoms with E-state index in [0.717, 1.165) is 17.5 Å². The number of nitrogens with zero attached hydrogens (tertiary/aromatic N) is 2. The molecule has 2 atom stereocenters. The van der Waals surface area contributed by atoms with E-state index >= 15 is 0 Å². The lowest BCUT2D eigenvalue weighted by Gasteiger charge is -2.23. The number of hydrogen-bond acceptors (Lipinski definition) is 5. The number of carbonyl (C=O) groups is 1. The summed E-state index contributed by atoms with van der Waals surface area (Å²) < 4.78 is 47.6. The molecule has 3 aromatic carbocycles. The van der Waals surface area contributed by atoms with Crippen LogP contribution in [-0.2, 0) is 27.9 Å². The van der Waals surface area contributed by atoms with Crippen LogP contribution in [0, 0.1) is 11.7 Å². The quantitative estimate of drug-likeness (QED) is 0.290. The number of pyridine rings is 1. The smallest absolute Gasteiger partial charge is 0.243 e. The molecule has 0 saturated heterocycles. The Balaban J connectivity index is 1.32. The summed E-state index contributed by atoms with van der Waals surface area (Å²) in [6, 6.07) is 22.9. The van der Waals surface area contributed by atoms with E-state index in [1.807, 2.05) is 18.2 Å². The van der Waals surface area contributed by atoms with E-state index in [1.54, 1.807) is 62.0 Å². The standard InChI is InChI=1S/C30H28FN3O4S/c1-38-26-4-2-3-22(17-26)20-34(19-21-5-7-24(31)8-6-21)39(36,37)27-11-9-25(10-12-27)33-30(35)29-18-28(29)23-13-15-32-16-14-23/h2-17,28-29H,18-20H2,1H3,(H,33,35). The Hall–Kier alpha value is -4.08. The molecule has 1 amide bonds. The molecule has 0 spiro atoms. The highest BCUT2D eigenvalue weighted by molar-refractivity contribution is 7.89. The molecule has 1 aliphatic carbocycles. The van der Waals surface area contributed by atoms with Gasteiger partial charge in [-0.2, -0.15) is 4.31 Å². The molecule has 5 rings (SSSR count). The largest absolute Gasteiger partial charge is 0.497 e. The third-order valence-electron chi connectivity index (χ3n) is 6.79. The summed E-state index contributed by atoms with van der Waals surface area (Å²) in [7, 11) is -2.39. The van der Waals surface area contributed by atoms with Gasteiger partial charge in [0.05, 0.1) is 12.0 Å². The second kappa shape index (κ2) is 11.3. The lowest BCUT2D eigenvalue weighted by molar-refractivity contribution is -0.117. The van der Waals surface area contributed by atoms with Crippen molar-refractivity contribution in [3.05, 3.63) is 120 Å². The lowest BCUT2D eigenvalue weighted by atomic mass is 10.1. The molecule has 9 heteroatoms. The third-order valence-corrected chi connectivity index (χ3v) is 8.59. The minimum atomic E-state index is -3.94. The van der Waals surface area contributed by atoms with E-state index in [-0.39, 0.29) is 35.7 Å². The van der Waals surface area contributed by atoms with Crippen LogP contribution in [0.5, 0.6) is 5.75 Å². The highest BCUT2D eigenvalue weighted by Gasteiger charge is 2.43. The van der Waals surface area contributed by atoms with Gasteiger partial charge in [0, 0.05) is 37.1 Å². The van der Waals surface area contributed by atoms with Crippen molar-refractivity contribution in [3.63, 3.8) is 0 Å². The van der Waals surface area contributed by atoms with E-state index in [1.165, 1.54) is 28.6 Å². The molecule has 2 unspecified atom stereocenters.